The molecule has 0 nitrogen and oxygen atoms in total. The molecule has 0 aromatic carbocycles. The minimum absolute atomic E-state index is 2.55. The van der Waals surface area contributed by atoms with Crippen molar-refractivity contribution in [3.8, 4) is 0 Å². The second-order valence-corrected chi connectivity index (χ2v) is 7.42. The molecule has 0 fully saturated rings. The molecule has 0 N–H and O–H groups in total. The average molecular weight is 435 g/mol. The van der Waals surface area contributed by atoms with Crippen LogP contribution < -0.4 is 0 Å². The van der Waals surface area contributed by atoms with Gasteiger partial charge in [-0.3, -0.25) is 0 Å². The molecule has 0 aliphatic carbocycles. The lowest BCUT2D eigenvalue weighted by molar-refractivity contribution is -0.195. The maximum Gasteiger partial charge on any atom is 0.443 e. The Kier molecular flexibility index (Phi) is 6.18. The van der Waals surface area contributed by atoms with E-state index in [1.807, 2.05) is 0 Å². The third-order valence-electron chi connectivity index (χ3n) is 1.66. The summed E-state index contributed by atoms with van der Waals surface area (Å²) >= 11 is 3.59. The Labute approximate surface area is 131 Å². The summed E-state index contributed by atoms with van der Waals surface area (Å²) in [6.45, 7) is 0. The van der Waals surface area contributed by atoms with Gasteiger partial charge in [0, 0.05) is 0 Å². The zero-order valence-electron chi connectivity index (χ0n) is 9.11. The minimum Gasteiger partial charge on any atom is -0.168 e. The lowest BCUT2D eigenvalue weighted by Gasteiger charge is -2.42. The van der Waals surface area contributed by atoms with E-state index in [2.05, 4.69) is 23.2 Å². The molecule has 2 atom stereocenters. The molecule has 0 heterocycles. The first-order valence-electron chi connectivity index (χ1n) is 4.21. The molecule has 0 bridgehead atoms. The number of halogens is 14. The van der Waals surface area contributed by atoms with Crippen LogP contribution in [-0.2, 0) is 0 Å². The van der Waals surface area contributed by atoms with E-state index in [0.29, 0.717) is 0 Å². The molecule has 0 aliphatic heterocycles. The molecular weight excluding hydrogens is 435 g/mol. The molecule has 0 aromatic rings. The maximum atomic E-state index is 12.6. The molecule has 0 spiro atoms. The van der Waals surface area contributed by atoms with Gasteiger partial charge in [0.1, 0.15) is 0 Å². The largest absolute Gasteiger partial charge is 0.443 e. The average Bonchev–Trinajstić information content (AvgIpc) is 2.07. The van der Waals surface area contributed by atoms with Crippen molar-refractivity contribution < 1.29 is 52.7 Å². The number of thioether (sulfide) groups is 2. The fourth-order valence-electron chi connectivity index (χ4n) is 0.931. The van der Waals surface area contributed by atoms with Crippen LogP contribution in [0.2, 0.25) is 0 Å². The molecule has 16 heteroatoms. The second kappa shape index (κ2) is 6.06. The van der Waals surface area contributed by atoms with Crippen LogP contribution in [0.4, 0.5) is 52.7 Å². The Balaban J connectivity index is 6.34. The Morgan fingerprint density at radius 3 is 0.727 bits per heavy atom. The zero-order chi connectivity index (χ0) is 18.4. The van der Waals surface area contributed by atoms with Crippen LogP contribution in [0.5, 0.6) is 0 Å². The van der Waals surface area contributed by atoms with Gasteiger partial charge in [-0.15, -0.1) is 0 Å². The molecule has 0 aliphatic rings. The normalized spacial score (nSPS) is 20.5. The minimum atomic E-state index is -6.59. The number of alkyl halides is 14. The van der Waals surface area contributed by atoms with Gasteiger partial charge in [0.15, 0.2) is 0 Å². The molecule has 134 valence electrons. The Morgan fingerprint density at radius 2 is 0.636 bits per heavy atom. The van der Waals surface area contributed by atoms with Crippen molar-refractivity contribution >= 4 is 46.7 Å². The van der Waals surface area contributed by atoms with Crippen molar-refractivity contribution in [1.82, 2.24) is 0 Å². The molecular formula is C6Cl2F12S2. The predicted octanol–water partition coefficient (Wildman–Crippen LogP) is 6.49. The smallest absolute Gasteiger partial charge is 0.168 e. The van der Waals surface area contributed by atoms with Gasteiger partial charge in [0.2, 0.25) is 8.41 Å². The van der Waals surface area contributed by atoms with Crippen LogP contribution in [0.15, 0.2) is 0 Å². The van der Waals surface area contributed by atoms with Crippen LogP contribution in [0, 0.1) is 0 Å². The van der Waals surface area contributed by atoms with Gasteiger partial charge in [-0.25, -0.2) is 0 Å². The van der Waals surface area contributed by atoms with E-state index in [0.717, 1.165) is 0 Å². The Hall–Kier alpha value is 0.440. The molecule has 2 unspecified atom stereocenters. The van der Waals surface area contributed by atoms with E-state index >= 15 is 0 Å². The highest BCUT2D eigenvalue weighted by Crippen LogP contribution is 2.69. The Bertz CT molecular complexity index is 358. The number of hydrogen-bond acceptors (Lipinski definition) is 2. The summed E-state index contributed by atoms with van der Waals surface area (Å²) in [6.07, 6.45) is -13.2. The van der Waals surface area contributed by atoms with Crippen molar-refractivity contribution in [1.29, 1.82) is 0 Å². The lowest BCUT2D eigenvalue weighted by Crippen LogP contribution is -2.61. The molecule has 0 radical (unpaired) electrons. The van der Waals surface area contributed by atoms with Gasteiger partial charge < -0.3 is 0 Å². The molecule has 22 heavy (non-hydrogen) atoms. The maximum absolute atomic E-state index is 12.6. The topological polar surface area (TPSA) is 0 Å². The van der Waals surface area contributed by atoms with Crippen LogP contribution >= 0.6 is 46.7 Å². The molecule has 0 saturated heterocycles. The third kappa shape index (κ3) is 4.97. The predicted molar refractivity (Wildman–Crippen MR) is 56.6 cm³/mol. The van der Waals surface area contributed by atoms with Gasteiger partial charge in [-0.05, 0) is 23.5 Å². The fraction of sp³-hybridized carbons (Fsp3) is 1.00. The monoisotopic (exact) mass is 434 g/mol. The van der Waals surface area contributed by atoms with Gasteiger partial charge in [-0.2, -0.15) is 52.7 Å². The quantitative estimate of drug-likeness (QED) is 0.368. The molecule has 0 rings (SSSR count). The van der Waals surface area contributed by atoms with E-state index in [1.165, 1.54) is 0 Å². The van der Waals surface area contributed by atoms with Gasteiger partial charge >= 0.3 is 23.4 Å². The van der Waals surface area contributed by atoms with Crippen LogP contribution in [0.25, 0.3) is 0 Å². The van der Waals surface area contributed by atoms with Crippen LogP contribution in [0.1, 0.15) is 0 Å². The second-order valence-electron chi connectivity index (χ2n) is 3.28. The van der Waals surface area contributed by atoms with Crippen LogP contribution in [-0.4, -0.2) is 31.8 Å². The van der Waals surface area contributed by atoms with Crippen molar-refractivity contribution in [2.45, 2.75) is 31.8 Å². The highest BCUT2D eigenvalue weighted by Gasteiger charge is 2.81. The van der Waals surface area contributed by atoms with Gasteiger partial charge in [0.25, 0.3) is 0 Å². The van der Waals surface area contributed by atoms with Crippen LogP contribution in [0.3, 0.4) is 0 Å². The first kappa shape index (κ1) is 22.4. The first-order chi connectivity index (χ1) is 9.16. The summed E-state index contributed by atoms with van der Waals surface area (Å²) < 4.78 is 137. The van der Waals surface area contributed by atoms with E-state index in [4.69, 9.17) is 0 Å². The number of hydrogen-bond donors (Lipinski definition) is 0. The molecule has 0 amide bonds. The van der Waals surface area contributed by atoms with Crippen molar-refractivity contribution in [3.05, 3.63) is 0 Å². The fourth-order valence-corrected chi connectivity index (χ4v) is 3.51. The Morgan fingerprint density at radius 1 is 0.455 bits per heavy atom. The summed E-state index contributed by atoms with van der Waals surface area (Å²) in [7, 11) is 0. The zero-order valence-corrected chi connectivity index (χ0v) is 12.3. The SMILES string of the molecule is FC(F)(F)SC(Cl)(C(F)(F)F)C(Cl)(SC(F)(F)F)C(F)(F)F. The van der Waals surface area contributed by atoms with Crippen molar-refractivity contribution in [2.24, 2.45) is 0 Å². The summed E-state index contributed by atoms with van der Waals surface area (Å²) in [4.78, 5) is 0. The van der Waals surface area contributed by atoms with E-state index in [-0.39, 0.29) is 0 Å². The first-order valence-corrected chi connectivity index (χ1v) is 6.60. The summed E-state index contributed by atoms with van der Waals surface area (Å²) in [5.74, 6) is 0. The summed E-state index contributed by atoms with van der Waals surface area (Å²) in [6, 6.07) is 0. The highest BCUT2D eigenvalue weighted by atomic mass is 35.5. The molecule has 0 aromatic heterocycles. The summed E-state index contributed by atoms with van der Waals surface area (Å²) in [5, 5.41) is 0. The van der Waals surface area contributed by atoms with Gasteiger partial charge in [-0.1, -0.05) is 23.2 Å². The molecule has 0 saturated carbocycles. The highest BCUT2D eigenvalue weighted by molar-refractivity contribution is 8.07. The van der Waals surface area contributed by atoms with Crippen molar-refractivity contribution in [3.63, 3.8) is 0 Å². The standard InChI is InChI=1S/C6Cl2F12S2/c7-1(3(9,10)11,21-5(15,16)17)2(8,4(12,13)14)22-6(18,19)20. The van der Waals surface area contributed by atoms with E-state index < -0.39 is 55.3 Å². The van der Waals surface area contributed by atoms with Gasteiger partial charge in [0.05, 0.1) is 0 Å². The van der Waals surface area contributed by atoms with E-state index in [9.17, 15) is 52.7 Å². The summed E-state index contributed by atoms with van der Waals surface area (Å²) in [5.41, 5.74) is -12.1. The van der Waals surface area contributed by atoms with E-state index in [1.54, 1.807) is 0 Å². The lowest BCUT2D eigenvalue weighted by atomic mass is 10.2. The number of rotatable bonds is 3. The van der Waals surface area contributed by atoms with Crippen molar-refractivity contribution in [2.75, 3.05) is 0 Å². The third-order valence-corrected chi connectivity index (χ3v) is 5.66.